The first-order valence-corrected chi connectivity index (χ1v) is 14.5. The molecule has 1 amide bonds. The Labute approximate surface area is 249 Å². The topological polar surface area (TPSA) is 152 Å². The van der Waals surface area contributed by atoms with Gasteiger partial charge in [0.05, 0.1) is 24.6 Å². The number of nitrogens with zero attached hydrogens (tertiary/aromatic N) is 3. The number of halogens is 2. The lowest BCUT2D eigenvalue weighted by molar-refractivity contribution is -0.117. The van der Waals surface area contributed by atoms with Gasteiger partial charge in [0.25, 0.3) is 17.7 Å². The van der Waals surface area contributed by atoms with Crippen molar-refractivity contribution >= 4 is 39.5 Å². The fourth-order valence-electron chi connectivity index (χ4n) is 3.78. The summed E-state index contributed by atoms with van der Waals surface area (Å²) in [4.78, 5) is 26.1. The van der Waals surface area contributed by atoms with Crippen molar-refractivity contribution in [1.82, 2.24) is 4.98 Å². The summed E-state index contributed by atoms with van der Waals surface area (Å²) in [6.45, 7) is 10.9. The minimum absolute atomic E-state index is 0.0472. The lowest BCUT2D eigenvalue weighted by Crippen LogP contribution is -2.36. The van der Waals surface area contributed by atoms with Gasteiger partial charge in [-0.15, -0.1) is 0 Å². The van der Waals surface area contributed by atoms with E-state index in [2.05, 4.69) is 20.1 Å². The van der Waals surface area contributed by atoms with Gasteiger partial charge < -0.3 is 25.5 Å². The first-order chi connectivity index (χ1) is 20.2. The van der Waals surface area contributed by atoms with E-state index in [0.29, 0.717) is 31.3 Å². The Kier molecular flexibility index (Phi) is 13.6. The highest BCUT2D eigenvalue weighted by molar-refractivity contribution is 7.16. The van der Waals surface area contributed by atoms with Crippen molar-refractivity contribution in [2.75, 3.05) is 36.5 Å². The number of aliphatic imine (C=N–C) groups is 1. The van der Waals surface area contributed by atoms with Crippen LogP contribution in [0.1, 0.15) is 56.4 Å². The van der Waals surface area contributed by atoms with E-state index in [9.17, 15) is 13.6 Å². The van der Waals surface area contributed by atoms with E-state index in [0.717, 1.165) is 40.8 Å². The zero-order chi connectivity index (χ0) is 31.3. The monoisotopic (exact) mass is 603 g/mol. The molecule has 3 aromatic rings. The minimum atomic E-state index is -3.06. The van der Waals surface area contributed by atoms with E-state index in [1.54, 1.807) is 0 Å². The second-order valence-corrected chi connectivity index (χ2v) is 9.41. The molecule has 2 aromatic carbocycles. The van der Waals surface area contributed by atoms with Crippen molar-refractivity contribution in [1.29, 1.82) is 5.41 Å². The number of anilines is 2. The van der Waals surface area contributed by atoms with Crippen LogP contribution in [-0.4, -0.2) is 55.0 Å². The van der Waals surface area contributed by atoms with Gasteiger partial charge in [-0.2, -0.15) is 14.7 Å². The van der Waals surface area contributed by atoms with Crippen molar-refractivity contribution < 1.29 is 23.1 Å². The van der Waals surface area contributed by atoms with Gasteiger partial charge in [-0.1, -0.05) is 87.6 Å². The summed E-state index contributed by atoms with van der Waals surface area (Å²) in [5, 5.41) is 10.5. The second-order valence-electron chi connectivity index (χ2n) is 8.43. The predicted molar refractivity (Wildman–Crippen MR) is 165 cm³/mol. The molecule has 1 aromatic heterocycles. The van der Waals surface area contributed by atoms with Gasteiger partial charge in [0.15, 0.2) is 16.9 Å². The van der Waals surface area contributed by atoms with Crippen molar-refractivity contribution in [3.05, 3.63) is 76.4 Å². The van der Waals surface area contributed by atoms with Gasteiger partial charge in [0, 0.05) is 31.1 Å². The van der Waals surface area contributed by atoms with Crippen LogP contribution in [0.2, 0.25) is 0 Å². The van der Waals surface area contributed by atoms with Crippen LogP contribution in [0.25, 0.3) is 0 Å². The van der Waals surface area contributed by atoms with Crippen LogP contribution >= 0.6 is 11.3 Å². The van der Waals surface area contributed by atoms with Gasteiger partial charge >= 0.3 is 0 Å². The van der Waals surface area contributed by atoms with E-state index < -0.39 is 18.0 Å². The lowest BCUT2D eigenvalue weighted by Gasteiger charge is -2.27. The Balaban J connectivity index is 0.000000263. The summed E-state index contributed by atoms with van der Waals surface area (Å²) >= 11 is 0.850. The SMILES string of the molecule is CC.CC.CC(F)(F)c1nc(C(=N)ON)c(N2CCOCC2)s1.NC1N=C(c2ccccc2)c2ccccc2NC1=O. The van der Waals surface area contributed by atoms with Crippen molar-refractivity contribution in [2.45, 2.75) is 46.7 Å². The average molecular weight is 604 g/mol. The van der Waals surface area contributed by atoms with Crippen LogP contribution in [-0.2, 0) is 20.3 Å². The number of carbonyl (C=O) groups excluding carboxylic acids is 1. The van der Waals surface area contributed by atoms with Gasteiger partial charge in [0.1, 0.15) is 5.00 Å². The van der Waals surface area contributed by atoms with E-state index >= 15 is 0 Å². The maximum Gasteiger partial charge on any atom is 0.296 e. The number of benzene rings is 2. The van der Waals surface area contributed by atoms with Gasteiger partial charge in [-0.3, -0.25) is 15.2 Å². The van der Waals surface area contributed by atoms with Gasteiger partial charge in [-0.05, 0) is 6.07 Å². The Bertz CT molecular complexity index is 1320. The lowest BCUT2D eigenvalue weighted by atomic mass is 10.0. The molecule has 3 heterocycles. The number of nitrogens with one attached hydrogen (secondary N) is 2. The number of thiazole rings is 1. The van der Waals surface area contributed by atoms with Crippen LogP contribution in [0.15, 0.2) is 59.6 Å². The number of ether oxygens (including phenoxy) is 1. The van der Waals surface area contributed by atoms with E-state index in [1.165, 1.54) is 0 Å². The highest BCUT2D eigenvalue weighted by atomic mass is 32.1. The minimum Gasteiger partial charge on any atom is -0.389 e. The number of para-hydroxylation sites is 1. The maximum atomic E-state index is 13.3. The molecule has 42 heavy (non-hydrogen) atoms. The van der Waals surface area contributed by atoms with E-state index in [4.69, 9.17) is 21.8 Å². The van der Waals surface area contributed by atoms with Crippen molar-refractivity contribution in [3.8, 4) is 0 Å². The Hall–Kier alpha value is -3.78. The number of hydrogen-bond donors (Lipinski definition) is 4. The van der Waals surface area contributed by atoms with Crippen molar-refractivity contribution in [2.24, 2.45) is 16.6 Å². The fraction of sp³-hybridized carbons (Fsp3) is 0.379. The number of fused-ring (bicyclic) bond motifs is 1. The molecule has 1 fully saturated rings. The van der Waals surface area contributed by atoms with Gasteiger partial charge in [-0.25, -0.2) is 4.98 Å². The van der Waals surface area contributed by atoms with Crippen LogP contribution in [0.3, 0.4) is 0 Å². The summed E-state index contributed by atoms with van der Waals surface area (Å²) in [7, 11) is 0. The fourth-order valence-corrected chi connectivity index (χ4v) is 4.83. The summed E-state index contributed by atoms with van der Waals surface area (Å²) in [6.07, 6.45) is -0.886. The third kappa shape index (κ3) is 8.86. The van der Waals surface area contributed by atoms with Gasteiger partial charge in [0.2, 0.25) is 0 Å². The zero-order valence-corrected chi connectivity index (χ0v) is 25.3. The van der Waals surface area contributed by atoms with E-state index in [-0.39, 0.29) is 16.6 Å². The third-order valence-electron chi connectivity index (χ3n) is 5.64. The standard InChI is InChI=1S/C15H13N3O.C10H14F2N4O2S.2C2H6/c16-14-15(19)17-12-9-5-4-8-11(12)13(18-14)10-6-2-1-3-7-10;1-10(11,12)9-15-6(7(13)18-14)8(19-9)16-2-4-17-5-3-16;2*1-2/h1-9,14H,16H2,(H,17,19);13H,2-5,14H2,1H3;2*1-2H3. The molecule has 0 saturated carbocycles. The largest absolute Gasteiger partial charge is 0.389 e. The number of carbonyl (C=O) groups is 1. The molecule has 0 spiro atoms. The average Bonchev–Trinajstić information content (AvgIpc) is 3.45. The predicted octanol–water partition coefficient (Wildman–Crippen LogP) is 5.12. The first-order valence-electron chi connectivity index (χ1n) is 13.7. The number of hydrogen-bond acceptors (Lipinski definition) is 10. The molecular formula is C29H39F2N7O3S. The summed E-state index contributed by atoms with van der Waals surface area (Å²) in [6, 6.07) is 17.3. The maximum absolute atomic E-state index is 13.3. The molecule has 5 rings (SSSR count). The quantitative estimate of drug-likeness (QED) is 0.183. The van der Waals surface area contributed by atoms with Crippen LogP contribution < -0.4 is 21.8 Å². The summed E-state index contributed by atoms with van der Waals surface area (Å²) in [5.74, 6) is 1.16. The molecule has 2 aliphatic rings. The molecule has 2 aliphatic heterocycles. The normalized spacial score (nSPS) is 15.9. The Morgan fingerprint density at radius 2 is 1.69 bits per heavy atom. The summed E-state index contributed by atoms with van der Waals surface area (Å²) in [5.41, 5.74) is 9.14. The number of benzodiazepines with no additional fused rings is 1. The number of alkyl halides is 2. The van der Waals surface area contributed by atoms with Crippen molar-refractivity contribution in [3.63, 3.8) is 0 Å². The highest BCUT2D eigenvalue weighted by Gasteiger charge is 2.33. The number of aromatic nitrogens is 1. The molecule has 1 saturated heterocycles. The number of nitrogens with two attached hydrogens (primary N) is 2. The smallest absolute Gasteiger partial charge is 0.296 e. The molecule has 10 nitrogen and oxygen atoms in total. The molecule has 1 unspecified atom stereocenters. The number of morpholine rings is 1. The molecule has 0 bridgehead atoms. The molecule has 1 atom stereocenters. The Morgan fingerprint density at radius 1 is 1.10 bits per heavy atom. The molecule has 0 aliphatic carbocycles. The Morgan fingerprint density at radius 3 is 2.29 bits per heavy atom. The number of rotatable bonds is 4. The molecule has 0 radical (unpaired) electrons. The van der Waals surface area contributed by atoms with Crippen LogP contribution in [0.5, 0.6) is 0 Å². The molecule has 6 N–H and O–H groups in total. The van der Waals surface area contributed by atoms with Crippen LogP contribution in [0, 0.1) is 5.41 Å². The van der Waals surface area contributed by atoms with Crippen LogP contribution in [0.4, 0.5) is 19.5 Å². The third-order valence-corrected chi connectivity index (χ3v) is 6.93. The summed E-state index contributed by atoms with van der Waals surface area (Å²) < 4.78 is 31.9. The molecule has 228 valence electrons. The number of amides is 1. The zero-order valence-electron chi connectivity index (χ0n) is 24.5. The molecule has 13 heteroatoms. The van der Waals surface area contributed by atoms with E-state index in [1.807, 2.05) is 87.2 Å². The first kappa shape index (κ1) is 34.4. The second kappa shape index (κ2) is 16.6. The molecular weight excluding hydrogens is 564 g/mol. The highest BCUT2D eigenvalue weighted by Crippen LogP contribution is 2.37.